The lowest BCUT2D eigenvalue weighted by Gasteiger charge is -2.34. The zero-order valence-electron chi connectivity index (χ0n) is 19.0. The Morgan fingerprint density at radius 1 is 1.00 bits per heavy atom. The fraction of sp³-hybridized carbons (Fsp3) is 0.417. The minimum absolute atomic E-state index is 0.0661. The smallest absolute Gasteiger partial charge is 0.253 e. The molecule has 0 N–H and O–H groups in total. The van der Waals surface area contributed by atoms with Crippen molar-refractivity contribution in [1.29, 1.82) is 0 Å². The molecule has 2 saturated heterocycles. The molecule has 2 fully saturated rings. The van der Waals surface area contributed by atoms with Gasteiger partial charge < -0.3 is 9.80 Å². The third-order valence-electron chi connectivity index (χ3n) is 6.66. The van der Waals surface area contributed by atoms with Gasteiger partial charge in [0.2, 0.25) is 10.0 Å². The molecule has 0 saturated carbocycles. The number of hydrogen-bond acceptors (Lipinski definition) is 6. The first-order chi connectivity index (χ1) is 16.3. The first-order valence-corrected chi connectivity index (χ1v) is 14.6. The molecule has 180 valence electrons. The fourth-order valence-electron chi connectivity index (χ4n) is 4.45. The number of thiazole rings is 1. The summed E-state index contributed by atoms with van der Waals surface area (Å²) in [6.45, 7) is 5.90. The summed E-state index contributed by atoms with van der Waals surface area (Å²) in [6, 6.07) is 12.5. The van der Waals surface area contributed by atoms with Gasteiger partial charge in [-0.05, 0) is 61.2 Å². The summed E-state index contributed by atoms with van der Waals surface area (Å²) in [5.41, 5.74) is 1.50. The van der Waals surface area contributed by atoms with Gasteiger partial charge in [-0.2, -0.15) is 4.31 Å². The molecule has 0 radical (unpaired) electrons. The van der Waals surface area contributed by atoms with Crippen LogP contribution in [0.1, 0.15) is 30.1 Å². The highest BCUT2D eigenvalue weighted by Crippen LogP contribution is 2.31. The largest absolute Gasteiger partial charge is 0.345 e. The van der Waals surface area contributed by atoms with Crippen molar-refractivity contribution in [2.24, 2.45) is 5.92 Å². The number of fused-ring (bicyclic) bond motifs is 1. The van der Waals surface area contributed by atoms with Crippen LogP contribution in [0.2, 0.25) is 0 Å². The van der Waals surface area contributed by atoms with E-state index in [4.69, 9.17) is 4.98 Å². The van der Waals surface area contributed by atoms with Crippen LogP contribution in [0, 0.1) is 5.92 Å². The van der Waals surface area contributed by atoms with Crippen molar-refractivity contribution >= 4 is 58.5 Å². The molecule has 0 spiro atoms. The van der Waals surface area contributed by atoms with Gasteiger partial charge in [0.05, 0.1) is 15.1 Å². The molecule has 2 aliphatic heterocycles. The first-order valence-electron chi connectivity index (χ1n) is 11.5. The molecule has 1 aromatic heterocycles. The maximum atomic E-state index is 13.0. The average Bonchev–Trinajstić information content (AvgIpc) is 3.27. The minimum atomic E-state index is -3.51. The summed E-state index contributed by atoms with van der Waals surface area (Å²) >= 11 is 5.17. The lowest BCUT2D eigenvalue weighted by Crippen LogP contribution is -2.48. The van der Waals surface area contributed by atoms with Crippen LogP contribution < -0.4 is 4.90 Å². The Labute approximate surface area is 212 Å². The van der Waals surface area contributed by atoms with Gasteiger partial charge in [0, 0.05) is 49.3 Å². The number of amides is 1. The number of rotatable bonds is 4. The molecule has 2 aliphatic rings. The van der Waals surface area contributed by atoms with Crippen molar-refractivity contribution in [2.75, 3.05) is 44.2 Å². The lowest BCUT2D eigenvalue weighted by molar-refractivity contribution is 0.0746. The Balaban J connectivity index is 1.22. The number of sulfonamides is 1. The molecule has 0 bridgehead atoms. The van der Waals surface area contributed by atoms with Crippen molar-refractivity contribution in [3.05, 3.63) is 52.5 Å². The quantitative estimate of drug-likeness (QED) is 0.470. The maximum absolute atomic E-state index is 13.0. The number of hydrogen-bond donors (Lipinski definition) is 0. The van der Waals surface area contributed by atoms with E-state index in [0.29, 0.717) is 50.7 Å². The number of carbonyl (C=O) groups excluding carboxylic acids is 1. The number of benzene rings is 2. The van der Waals surface area contributed by atoms with Crippen LogP contribution in [0.4, 0.5) is 5.13 Å². The highest BCUT2D eigenvalue weighted by Gasteiger charge is 2.29. The third-order valence-corrected chi connectivity index (χ3v) is 10.1. The number of aromatic nitrogens is 1. The fourth-order valence-corrected chi connectivity index (χ4v) is 7.49. The van der Waals surface area contributed by atoms with Crippen LogP contribution in [-0.4, -0.2) is 67.8 Å². The molecule has 0 aliphatic carbocycles. The molecule has 2 aromatic carbocycles. The molecule has 5 rings (SSSR count). The van der Waals surface area contributed by atoms with Gasteiger partial charge in [0.15, 0.2) is 5.13 Å². The molecule has 3 heterocycles. The molecule has 7 nitrogen and oxygen atoms in total. The first kappa shape index (κ1) is 23.7. The van der Waals surface area contributed by atoms with E-state index in [1.165, 1.54) is 0 Å². The van der Waals surface area contributed by atoms with Crippen LogP contribution in [0.25, 0.3) is 10.2 Å². The number of piperidine rings is 1. The van der Waals surface area contributed by atoms with Crippen molar-refractivity contribution in [1.82, 2.24) is 14.2 Å². The Bertz CT molecular complexity index is 1290. The Morgan fingerprint density at radius 2 is 1.68 bits per heavy atom. The Kier molecular flexibility index (Phi) is 6.67. The minimum Gasteiger partial charge on any atom is -0.345 e. The predicted molar refractivity (Wildman–Crippen MR) is 139 cm³/mol. The Morgan fingerprint density at radius 3 is 2.35 bits per heavy atom. The van der Waals surface area contributed by atoms with Gasteiger partial charge in [-0.1, -0.05) is 34.2 Å². The van der Waals surface area contributed by atoms with Crippen molar-refractivity contribution in [3.8, 4) is 0 Å². The molecular formula is C24H27BrN4O3S2. The van der Waals surface area contributed by atoms with E-state index in [-0.39, 0.29) is 10.8 Å². The van der Waals surface area contributed by atoms with Crippen molar-refractivity contribution in [2.45, 2.75) is 24.7 Å². The maximum Gasteiger partial charge on any atom is 0.253 e. The van der Waals surface area contributed by atoms with Crippen LogP contribution in [0.5, 0.6) is 0 Å². The van der Waals surface area contributed by atoms with Gasteiger partial charge in [0.1, 0.15) is 0 Å². The van der Waals surface area contributed by atoms with E-state index >= 15 is 0 Å². The van der Waals surface area contributed by atoms with E-state index in [0.717, 1.165) is 32.7 Å². The molecule has 0 unspecified atom stereocenters. The van der Waals surface area contributed by atoms with Gasteiger partial charge in [-0.3, -0.25) is 4.79 Å². The summed E-state index contributed by atoms with van der Waals surface area (Å²) in [5.74, 6) is 0.493. The van der Waals surface area contributed by atoms with Gasteiger partial charge in [0.25, 0.3) is 5.91 Å². The van der Waals surface area contributed by atoms with Gasteiger partial charge >= 0.3 is 0 Å². The SMILES string of the molecule is CC1CCN(S(=O)(=O)c2ccc(C(=O)N3CCN(c4nc5ccc(Br)cc5s4)CC3)cc2)CC1. The molecule has 1 amide bonds. The zero-order valence-corrected chi connectivity index (χ0v) is 22.2. The standard InChI is InChI=1S/C24H27BrN4O3S2/c1-17-8-10-29(11-9-17)34(31,32)20-5-2-18(3-6-20)23(30)27-12-14-28(15-13-27)24-26-21-7-4-19(25)16-22(21)33-24/h2-7,16-17H,8-15H2,1H3. The summed E-state index contributed by atoms with van der Waals surface area (Å²) in [6.07, 6.45) is 1.77. The number of anilines is 1. The molecule has 3 aromatic rings. The Hall–Kier alpha value is -2.01. The van der Waals surface area contributed by atoms with Gasteiger partial charge in [-0.25, -0.2) is 13.4 Å². The summed E-state index contributed by atoms with van der Waals surface area (Å²) < 4.78 is 29.6. The third kappa shape index (κ3) is 4.73. The van der Waals surface area contributed by atoms with E-state index in [2.05, 4.69) is 33.8 Å². The van der Waals surface area contributed by atoms with E-state index in [9.17, 15) is 13.2 Å². The summed E-state index contributed by atoms with van der Waals surface area (Å²) in [5, 5.41) is 0.974. The van der Waals surface area contributed by atoms with E-state index < -0.39 is 10.0 Å². The van der Waals surface area contributed by atoms with Crippen molar-refractivity contribution < 1.29 is 13.2 Å². The predicted octanol–water partition coefficient (Wildman–Crippen LogP) is 4.44. The van der Waals surface area contributed by atoms with Crippen molar-refractivity contribution in [3.63, 3.8) is 0 Å². The zero-order chi connectivity index (χ0) is 23.9. The lowest BCUT2D eigenvalue weighted by atomic mass is 10.0. The molecule has 10 heteroatoms. The molecular weight excluding hydrogens is 536 g/mol. The second kappa shape index (κ2) is 9.56. The van der Waals surface area contributed by atoms with Gasteiger partial charge in [-0.15, -0.1) is 0 Å². The monoisotopic (exact) mass is 562 g/mol. The van der Waals surface area contributed by atoms with Crippen LogP contribution in [0.3, 0.4) is 0 Å². The average molecular weight is 564 g/mol. The number of halogens is 1. The number of piperazine rings is 1. The normalized spacial score (nSPS) is 18.5. The van der Waals surface area contributed by atoms with Crippen LogP contribution in [0.15, 0.2) is 51.8 Å². The molecule has 0 atom stereocenters. The molecule has 34 heavy (non-hydrogen) atoms. The van der Waals surface area contributed by atoms with E-state index in [1.807, 2.05) is 17.0 Å². The highest BCUT2D eigenvalue weighted by molar-refractivity contribution is 9.10. The van der Waals surface area contributed by atoms with Crippen LogP contribution >= 0.6 is 27.3 Å². The summed E-state index contributed by atoms with van der Waals surface area (Å²) in [7, 11) is -3.51. The number of carbonyl (C=O) groups is 1. The van der Waals surface area contributed by atoms with Crippen LogP contribution in [-0.2, 0) is 10.0 Å². The second-order valence-electron chi connectivity index (χ2n) is 9.00. The topological polar surface area (TPSA) is 73.8 Å². The van der Waals surface area contributed by atoms with E-state index in [1.54, 1.807) is 39.9 Å². The summed E-state index contributed by atoms with van der Waals surface area (Å²) in [4.78, 5) is 22.1. The second-order valence-corrected chi connectivity index (χ2v) is 12.9. The highest BCUT2D eigenvalue weighted by atomic mass is 79.9. The number of nitrogens with zero attached hydrogens (tertiary/aromatic N) is 4.